The molecule has 1 aliphatic rings. The maximum Gasteiger partial charge on any atom is 0.250 e. The van der Waals surface area contributed by atoms with E-state index in [-0.39, 0.29) is 24.6 Å². The van der Waals surface area contributed by atoms with Crippen molar-refractivity contribution in [2.75, 3.05) is 31.0 Å². The number of carbonyl (C=O) groups is 1. The Balaban J connectivity index is 1.66. The van der Waals surface area contributed by atoms with Gasteiger partial charge in [0, 0.05) is 35.4 Å². The van der Waals surface area contributed by atoms with Crippen LogP contribution in [0, 0.1) is 13.8 Å². The molecule has 1 amide bonds. The Morgan fingerprint density at radius 2 is 1.90 bits per heavy atom. The van der Waals surface area contributed by atoms with Crippen LogP contribution in [0.1, 0.15) is 34.7 Å². The molecule has 212 valence electrons. The van der Waals surface area contributed by atoms with E-state index in [1.165, 1.54) is 7.11 Å². The van der Waals surface area contributed by atoms with Gasteiger partial charge in [-0.1, -0.05) is 29.3 Å². The van der Waals surface area contributed by atoms with Crippen LogP contribution in [0.5, 0.6) is 5.75 Å². The largest absolute Gasteiger partial charge is 0.495 e. The predicted molar refractivity (Wildman–Crippen MR) is 167 cm³/mol. The van der Waals surface area contributed by atoms with Gasteiger partial charge in [-0.25, -0.2) is 0 Å². The molecule has 2 atom stereocenters. The van der Waals surface area contributed by atoms with Gasteiger partial charge in [-0.15, -0.1) is 0 Å². The summed E-state index contributed by atoms with van der Waals surface area (Å²) in [6, 6.07) is 18.5. The van der Waals surface area contributed by atoms with E-state index in [0.29, 0.717) is 26.6 Å². The van der Waals surface area contributed by atoms with Gasteiger partial charge in [-0.05, 0) is 86.2 Å². The van der Waals surface area contributed by atoms with Crippen LogP contribution in [0.15, 0.2) is 66.9 Å². The highest BCUT2D eigenvalue weighted by Crippen LogP contribution is 2.45. The minimum atomic E-state index is -0.295. The molecular weight excluding hydrogens is 581 g/mol. The van der Waals surface area contributed by atoms with Crippen molar-refractivity contribution < 1.29 is 14.3 Å². The molecule has 2 N–H and O–H groups in total. The molecule has 1 saturated heterocycles. The Labute approximate surface area is 254 Å². The summed E-state index contributed by atoms with van der Waals surface area (Å²) < 4.78 is 12.6. The number of benzene rings is 2. The average molecular weight is 611 g/mol. The van der Waals surface area contributed by atoms with E-state index in [0.717, 1.165) is 34.0 Å². The number of hydrogen-bond donors (Lipinski definition) is 2. The van der Waals surface area contributed by atoms with Crippen LogP contribution in [0.2, 0.25) is 10.0 Å². The number of halogens is 2. The zero-order valence-corrected chi connectivity index (χ0v) is 25.3. The van der Waals surface area contributed by atoms with Gasteiger partial charge in [0.2, 0.25) is 5.91 Å². The second-order valence-corrected chi connectivity index (χ2v) is 10.9. The number of aryl methyl sites for hydroxylation is 1. The first-order valence-electron chi connectivity index (χ1n) is 12.8. The maximum absolute atomic E-state index is 12.4. The van der Waals surface area contributed by atoms with E-state index in [9.17, 15) is 4.79 Å². The number of aromatic nitrogens is 2. The summed E-state index contributed by atoms with van der Waals surface area (Å²) >= 11 is 18.8. The summed E-state index contributed by atoms with van der Waals surface area (Å²) in [5.74, 6) is 0.223. The van der Waals surface area contributed by atoms with E-state index in [1.54, 1.807) is 19.4 Å². The summed E-state index contributed by atoms with van der Waals surface area (Å²) in [6.45, 7) is 4.02. The number of rotatable bonds is 8. The van der Waals surface area contributed by atoms with E-state index in [1.807, 2.05) is 55.5 Å². The Kier molecular flexibility index (Phi) is 8.51. The van der Waals surface area contributed by atoms with Crippen molar-refractivity contribution in [2.24, 2.45) is 0 Å². The number of pyridine rings is 1. The zero-order chi connectivity index (χ0) is 29.3. The number of nitrogens with zero attached hydrogens (tertiary/aromatic N) is 3. The van der Waals surface area contributed by atoms with Crippen molar-refractivity contribution in [3.8, 4) is 11.4 Å². The van der Waals surface area contributed by atoms with Gasteiger partial charge < -0.3 is 29.6 Å². The molecule has 1 fully saturated rings. The molecule has 1 aliphatic heterocycles. The lowest BCUT2D eigenvalue weighted by Crippen LogP contribution is -2.29. The molecule has 3 heterocycles. The topological polar surface area (TPSA) is 80.7 Å². The van der Waals surface area contributed by atoms with Gasteiger partial charge in [0.15, 0.2) is 5.11 Å². The number of thiocarbonyl (C=S) groups is 1. The molecule has 0 saturated carbocycles. The molecule has 4 aromatic rings. The highest BCUT2D eigenvalue weighted by Gasteiger charge is 2.42. The molecule has 2 aromatic heterocycles. The number of methoxy groups -OCH3 is 2. The lowest BCUT2D eigenvalue weighted by atomic mass is 9.96. The third kappa shape index (κ3) is 5.63. The molecule has 0 spiro atoms. The zero-order valence-electron chi connectivity index (χ0n) is 22.9. The third-order valence-electron chi connectivity index (χ3n) is 7.05. The van der Waals surface area contributed by atoms with Crippen molar-refractivity contribution in [3.05, 3.63) is 99.6 Å². The number of amides is 1. The van der Waals surface area contributed by atoms with Crippen molar-refractivity contribution in [3.63, 3.8) is 0 Å². The van der Waals surface area contributed by atoms with Gasteiger partial charge in [0.1, 0.15) is 12.4 Å². The van der Waals surface area contributed by atoms with Crippen LogP contribution in [-0.2, 0) is 9.53 Å². The van der Waals surface area contributed by atoms with E-state index in [2.05, 4.69) is 38.1 Å². The van der Waals surface area contributed by atoms with Gasteiger partial charge in [0.05, 0.1) is 41.3 Å². The first-order valence-corrected chi connectivity index (χ1v) is 14.0. The second-order valence-electron chi connectivity index (χ2n) is 9.62. The normalized spacial score (nSPS) is 16.5. The lowest BCUT2D eigenvalue weighted by Gasteiger charge is -2.29. The summed E-state index contributed by atoms with van der Waals surface area (Å²) in [4.78, 5) is 19.1. The number of anilines is 2. The fraction of sp³-hybridized carbons (Fsp3) is 0.233. The maximum atomic E-state index is 12.4. The fourth-order valence-corrected chi connectivity index (χ4v) is 6.17. The van der Waals surface area contributed by atoms with Crippen LogP contribution >= 0.6 is 35.4 Å². The molecule has 2 aromatic carbocycles. The second kappa shape index (κ2) is 12.1. The molecule has 41 heavy (non-hydrogen) atoms. The standard InChI is InChI=1S/C30H29Cl2N5O3S/c1-17-13-21(18(2)36(17)25-10-8-19(31)14-22(25)32)29-28(23-7-5-6-12-33-23)35-30(41)37(29)20-9-11-26(40-4)24(15-20)34-27(38)16-39-3/h5-15,28-29H,16H2,1-4H3,(H,34,38)(H,35,41)/t28-,29-/m0/s1. The summed E-state index contributed by atoms with van der Waals surface area (Å²) in [5.41, 5.74) is 6.00. The van der Waals surface area contributed by atoms with Crippen molar-refractivity contribution >= 4 is 57.8 Å². The first-order chi connectivity index (χ1) is 19.7. The smallest absolute Gasteiger partial charge is 0.250 e. The van der Waals surface area contributed by atoms with E-state index < -0.39 is 0 Å². The quantitative estimate of drug-likeness (QED) is 0.219. The minimum absolute atomic E-state index is 0.0827. The molecule has 5 rings (SSSR count). The highest BCUT2D eigenvalue weighted by molar-refractivity contribution is 7.80. The van der Waals surface area contributed by atoms with Gasteiger partial charge in [0.25, 0.3) is 0 Å². The first kappa shape index (κ1) is 28.9. The number of nitrogens with one attached hydrogen (secondary N) is 2. The van der Waals surface area contributed by atoms with Crippen LogP contribution in [0.4, 0.5) is 11.4 Å². The predicted octanol–water partition coefficient (Wildman–Crippen LogP) is 6.57. The SMILES string of the molecule is COCC(=O)Nc1cc(N2C(=S)N[C@@H](c3ccccn3)[C@@H]2c2cc(C)n(-c3ccc(Cl)cc3Cl)c2C)ccc1OC. The Bertz CT molecular complexity index is 1610. The summed E-state index contributed by atoms with van der Waals surface area (Å²) in [5, 5.41) is 8.02. The van der Waals surface area contributed by atoms with Crippen LogP contribution in [0.25, 0.3) is 5.69 Å². The Morgan fingerprint density at radius 1 is 1.10 bits per heavy atom. The van der Waals surface area contributed by atoms with E-state index in [4.69, 9.17) is 44.9 Å². The molecule has 11 heteroatoms. The summed E-state index contributed by atoms with van der Waals surface area (Å²) in [6.07, 6.45) is 1.77. The van der Waals surface area contributed by atoms with Crippen LogP contribution in [0.3, 0.4) is 0 Å². The minimum Gasteiger partial charge on any atom is -0.495 e. The van der Waals surface area contributed by atoms with Crippen molar-refractivity contribution in [1.29, 1.82) is 0 Å². The molecule has 0 radical (unpaired) electrons. The van der Waals surface area contributed by atoms with Crippen molar-refractivity contribution in [1.82, 2.24) is 14.9 Å². The highest BCUT2D eigenvalue weighted by atomic mass is 35.5. The molecular formula is C30H29Cl2N5O3S. The number of hydrogen-bond acceptors (Lipinski definition) is 5. The van der Waals surface area contributed by atoms with Crippen molar-refractivity contribution in [2.45, 2.75) is 25.9 Å². The Morgan fingerprint density at radius 3 is 2.59 bits per heavy atom. The average Bonchev–Trinajstić information content (AvgIpc) is 3.44. The van der Waals surface area contributed by atoms with Crippen LogP contribution < -0.4 is 20.3 Å². The Hall–Kier alpha value is -3.63. The fourth-order valence-electron chi connectivity index (χ4n) is 5.33. The van der Waals surface area contributed by atoms with Crippen LogP contribution in [-0.4, -0.2) is 41.4 Å². The number of ether oxygens (including phenoxy) is 2. The van der Waals surface area contributed by atoms with Gasteiger partial charge in [-0.2, -0.15) is 0 Å². The third-order valence-corrected chi connectivity index (χ3v) is 7.90. The molecule has 0 bridgehead atoms. The number of carbonyl (C=O) groups excluding carboxylic acids is 1. The molecule has 0 aliphatic carbocycles. The lowest BCUT2D eigenvalue weighted by molar-refractivity contribution is -0.119. The monoisotopic (exact) mass is 609 g/mol. The van der Waals surface area contributed by atoms with E-state index >= 15 is 0 Å². The van der Waals surface area contributed by atoms with Gasteiger partial charge >= 0.3 is 0 Å². The molecule has 8 nitrogen and oxygen atoms in total. The summed E-state index contributed by atoms with van der Waals surface area (Å²) in [7, 11) is 3.03. The van der Waals surface area contributed by atoms with Gasteiger partial charge in [-0.3, -0.25) is 9.78 Å². The molecule has 0 unspecified atom stereocenters.